The Labute approximate surface area is 150 Å². The Bertz CT molecular complexity index is 542. The summed E-state index contributed by atoms with van der Waals surface area (Å²) in [5.41, 5.74) is 1.09. The first kappa shape index (κ1) is 18.2. The molecule has 0 N–H and O–H groups in total. The van der Waals surface area contributed by atoms with E-state index in [1.165, 1.54) is 17.1 Å². The molecule has 6 heteroatoms. The van der Waals surface area contributed by atoms with E-state index in [0.29, 0.717) is 0 Å². The van der Waals surface area contributed by atoms with Crippen LogP contribution < -0.4 is 4.74 Å². The minimum absolute atomic E-state index is 0.507. The van der Waals surface area contributed by atoms with E-state index >= 15 is 0 Å². The Hall–Kier alpha value is -0.140. The topological polar surface area (TPSA) is 18.5 Å². The number of hydrogen-bond donors (Lipinski definition) is 0. The van der Waals surface area contributed by atoms with Crippen LogP contribution in [0.15, 0.2) is 34.6 Å². The predicted octanol–water partition coefficient (Wildman–Crippen LogP) is 5.63. The van der Waals surface area contributed by atoms with Crippen molar-refractivity contribution in [3.8, 4) is 5.75 Å². The Morgan fingerprint density at radius 3 is 2.50 bits per heavy atom. The molecule has 0 saturated carbocycles. The molecule has 2 rings (SSSR count). The van der Waals surface area contributed by atoms with E-state index in [1.54, 1.807) is 37.7 Å². The van der Waals surface area contributed by atoms with Crippen LogP contribution in [0, 0.1) is 0 Å². The molecule has 0 fully saturated rings. The average molecular weight is 373 g/mol. The first-order chi connectivity index (χ1) is 10.6. The highest BCUT2D eigenvalue weighted by molar-refractivity contribution is 8.36. The highest BCUT2D eigenvalue weighted by atomic mass is 32.2. The average Bonchev–Trinajstić information content (AvgIpc) is 2.54. The number of thiocarbonyl (C=S) groups is 1. The molecule has 1 unspecified atom stereocenters. The molecule has 120 valence electrons. The number of rotatable bonds is 7. The van der Waals surface area contributed by atoms with Gasteiger partial charge in [0.15, 0.2) is 4.27 Å². The van der Waals surface area contributed by atoms with E-state index < -0.39 is 4.27 Å². The van der Waals surface area contributed by atoms with Gasteiger partial charge in [0.2, 0.25) is 0 Å². The maximum absolute atomic E-state index is 5.89. The first-order valence-corrected chi connectivity index (χ1v) is 10.1. The maximum atomic E-state index is 5.89. The molecular formula is C16H20O2S4. The van der Waals surface area contributed by atoms with Gasteiger partial charge in [0.05, 0.1) is 11.3 Å². The lowest BCUT2D eigenvalue weighted by molar-refractivity contribution is 0.148. The highest BCUT2D eigenvalue weighted by Crippen LogP contribution is 2.56. The van der Waals surface area contributed by atoms with Gasteiger partial charge >= 0.3 is 0 Å². The molecule has 22 heavy (non-hydrogen) atoms. The summed E-state index contributed by atoms with van der Waals surface area (Å²) in [5, 5.41) is 0. The third kappa shape index (κ3) is 4.45. The number of hydrogen-bond acceptors (Lipinski definition) is 6. The van der Waals surface area contributed by atoms with Crippen LogP contribution >= 0.6 is 47.5 Å². The fourth-order valence-corrected chi connectivity index (χ4v) is 6.96. The number of unbranched alkanes of at least 4 members (excludes halogenated alkanes) is 1. The van der Waals surface area contributed by atoms with Crippen molar-refractivity contribution in [1.82, 2.24) is 0 Å². The molecule has 1 aliphatic heterocycles. The summed E-state index contributed by atoms with van der Waals surface area (Å²) in [5.74, 6) is 1.96. The van der Waals surface area contributed by atoms with E-state index in [4.69, 9.17) is 21.7 Å². The van der Waals surface area contributed by atoms with Crippen molar-refractivity contribution in [1.29, 1.82) is 0 Å². The van der Waals surface area contributed by atoms with Gasteiger partial charge in [-0.2, -0.15) is 0 Å². The third-order valence-corrected chi connectivity index (χ3v) is 7.51. The van der Waals surface area contributed by atoms with Gasteiger partial charge in [-0.3, -0.25) is 0 Å². The van der Waals surface area contributed by atoms with Gasteiger partial charge < -0.3 is 9.47 Å². The molecule has 0 spiro atoms. The maximum Gasteiger partial charge on any atom is 0.196 e. The van der Waals surface area contributed by atoms with Crippen LogP contribution in [0.1, 0.15) is 25.3 Å². The fourth-order valence-electron chi connectivity index (χ4n) is 1.94. The summed E-state index contributed by atoms with van der Waals surface area (Å²) in [6.45, 7) is 2.21. The Kier molecular flexibility index (Phi) is 7.15. The Morgan fingerprint density at radius 2 is 1.91 bits per heavy atom. The minimum atomic E-state index is -0.507. The number of thioether (sulfide) groups is 3. The quantitative estimate of drug-likeness (QED) is 0.452. The SMILES string of the molecule is CCCCSC1=CC(=S)SC(OC)(c2ccc(OC)cc2)S1. The van der Waals surface area contributed by atoms with Crippen molar-refractivity contribution in [3.63, 3.8) is 0 Å². The Morgan fingerprint density at radius 1 is 1.18 bits per heavy atom. The lowest BCUT2D eigenvalue weighted by Crippen LogP contribution is -2.24. The second-order valence-corrected chi connectivity index (χ2v) is 9.47. The largest absolute Gasteiger partial charge is 0.497 e. The zero-order valence-electron chi connectivity index (χ0n) is 13.0. The highest BCUT2D eigenvalue weighted by Gasteiger charge is 2.39. The zero-order chi connectivity index (χ0) is 16.0. The van der Waals surface area contributed by atoms with Gasteiger partial charge in [-0.25, -0.2) is 0 Å². The lowest BCUT2D eigenvalue weighted by Gasteiger charge is -2.34. The summed E-state index contributed by atoms with van der Waals surface area (Å²) in [4.78, 5) is 0. The van der Waals surface area contributed by atoms with Crippen LogP contribution in [0.2, 0.25) is 0 Å². The van der Waals surface area contributed by atoms with E-state index in [9.17, 15) is 0 Å². The van der Waals surface area contributed by atoms with Gasteiger partial charge in [-0.05, 0) is 30.4 Å². The second-order valence-electron chi connectivity index (χ2n) is 4.68. The fraction of sp³-hybridized carbons (Fsp3) is 0.438. The molecule has 1 aliphatic rings. The van der Waals surface area contributed by atoms with E-state index in [1.807, 2.05) is 36.0 Å². The molecule has 0 amide bonds. The molecule has 1 atom stereocenters. The zero-order valence-corrected chi connectivity index (χ0v) is 16.2. The molecule has 0 aromatic heterocycles. The summed E-state index contributed by atoms with van der Waals surface area (Å²) in [6, 6.07) is 8.01. The van der Waals surface area contributed by atoms with Crippen molar-refractivity contribution in [2.75, 3.05) is 20.0 Å². The monoisotopic (exact) mass is 372 g/mol. The van der Waals surface area contributed by atoms with Crippen molar-refractivity contribution in [3.05, 3.63) is 40.1 Å². The van der Waals surface area contributed by atoms with Gasteiger partial charge in [0.1, 0.15) is 5.75 Å². The van der Waals surface area contributed by atoms with Crippen molar-refractivity contribution in [2.45, 2.75) is 24.0 Å². The van der Waals surface area contributed by atoms with Gasteiger partial charge in [-0.1, -0.05) is 61.2 Å². The molecule has 0 radical (unpaired) electrons. The summed E-state index contributed by atoms with van der Waals surface area (Å²) >= 11 is 10.7. The molecule has 0 bridgehead atoms. The van der Waals surface area contributed by atoms with E-state index in [-0.39, 0.29) is 0 Å². The predicted molar refractivity (Wildman–Crippen MR) is 105 cm³/mol. The van der Waals surface area contributed by atoms with E-state index in [2.05, 4.69) is 13.0 Å². The minimum Gasteiger partial charge on any atom is -0.497 e. The van der Waals surface area contributed by atoms with Crippen LogP contribution in [0.25, 0.3) is 0 Å². The summed E-state index contributed by atoms with van der Waals surface area (Å²) in [7, 11) is 3.41. The van der Waals surface area contributed by atoms with Gasteiger partial charge in [-0.15, -0.1) is 11.8 Å². The van der Waals surface area contributed by atoms with Crippen LogP contribution in [0.5, 0.6) is 5.75 Å². The number of ether oxygens (including phenoxy) is 2. The molecular weight excluding hydrogens is 352 g/mol. The molecule has 1 aromatic rings. The molecule has 1 aromatic carbocycles. The summed E-state index contributed by atoms with van der Waals surface area (Å²) in [6.07, 6.45) is 4.51. The molecule has 1 heterocycles. The third-order valence-electron chi connectivity index (χ3n) is 3.16. The van der Waals surface area contributed by atoms with Crippen LogP contribution in [0.3, 0.4) is 0 Å². The number of methoxy groups -OCH3 is 2. The molecule has 0 aliphatic carbocycles. The summed E-state index contributed by atoms with van der Waals surface area (Å²) < 4.78 is 12.7. The normalized spacial score (nSPS) is 21.6. The first-order valence-electron chi connectivity index (χ1n) is 7.09. The standard InChI is InChI=1S/C16H20O2S4/c1-4-5-10-20-15-11-14(19)21-16(18-3,22-15)12-6-8-13(17-2)9-7-12/h6-9,11H,4-5,10H2,1-3H3. The van der Waals surface area contributed by atoms with Crippen molar-refractivity contribution < 1.29 is 9.47 Å². The Balaban J connectivity index is 2.21. The smallest absolute Gasteiger partial charge is 0.196 e. The lowest BCUT2D eigenvalue weighted by atomic mass is 10.2. The van der Waals surface area contributed by atoms with Gasteiger partial charge in [0.25, 0.3) is 0 Å². The second kappa shape index (κ2) is 8.64. The molecule has 2 nitrogen and oxygen atoms in total. The molecule has 0 saturated heterocycles. The van der Waals surface area contributed by atoms with E-state index in [0.717, 1.165) is 21.3 Å². The van der Waals surface area contributed by atoms with Crippen LogP contribution in [-0.4, -0.2) is 24.2 Å². The number of benzene rings is 1. The van der Waals surface area contributed by atoms with Crippen molar-refractivity contribution in [2.24, 2.45) is 0 Å². The van der Waals surface area contributed by atoms with Crippen molar-refractivity contribution >= 4 is 51.7 Å². The van der Waals surface area contributed by atoms with Crippen LogP contribution in [-0.2, 0) is 9.00 Å². The van der Waals surface area contributed by atoms with Gasteiger partial charge in [0, 0.05) is 16.9 Å². The van der Waals surface area contributed by atoms with Crippen LogP contribution in [0.4, 0.5) is 0 Å².